The van der Waals surface area contributed by atoms with Gasteiger partial charge < -0.3 is 9.84 Å². The zero-order valence-electron chi connectivity index (χ0n) is 13.4. The minimum Gasteiger partial charge on any atom is -0.333 e. The summed E-state index contributed by atoms with van der Waals surface area (Å²) in [4.78, 5) is 9.11. The van der Waals surface area contributed by atoms with Crippen molar-refractivity contribution in [3.63, 3.8) is 0 Å². The molecule has 0 unspecified atom stereocenters. The summed E-state index contributed by atoms with van der Waals surface area (Å²) in [5.74, 6) is 1.10. The van der Waals surface area contributed by atoms with Crippen LogP contribution in [0.15, 0.2) is 10.7 Å². The van der Waals surface area contributed by atoms with Crippen LogP contribution in [-0.2, 0) is 13.0 Å². The van der Waals surface area contributed by atoms with Gasteiger partial charge in [-0.05, 0) is 44.9 Å². The second kappa shape index (κ2) is 5.27. The summed E-state index contributed by atoms with van der Waals surface area (Å²) in [6, 6.07) is 0. The van der Waals surface area contributed by atoms with Crippen LogP contribution in [0.2, 0.25) is 0 Å². The third-order valence-corrected chi connectivity index (χ3v) is 4.32. The number of aromatic amines is 1. The summed E-state index contributed by atoms with van der Waals surface area (Å²) in [6.45, 7) is 7.64. The molecule has 0 radical (unpaired) electrons. The first-order valence-corrected chi connectivity index (χ1v) is 7.69. The maximum atomic E-state index is 5.51. The van der Waals surface area contributed by atoms with Crippen LogP contribution < -0.4 is 5.32 Å². The van der Waals surface area contributed by atoms with Gasteiger partial charge in [-0.2, -0.15) is 10.1 Å². The summed E-state index contributed by atoms with van der Waals surface area (Å²) < 4.78 is 5.51. The summed E-state index contributed by atoms with van der Waals surface area (Å²) >= 11 is 0. The van der Waals surface area contributed by atoms with Crippen LogP contribution in [0.25, 0.3) is 22.8 Å². The van der Waals surface area contributed by atoms with Gasteiger partial charge in [-0.25, -0.2) is 0 Å². The number of H-pyrrole nitrogens is 1. The van der Waals surface area contributed by atoms with Gasteiger partial charge in [-0.3, -0.25) is 10.1 Å². The van der Waals surface area contributed by atoms with Gasteiger partial charge in [0, 0.05) is 29.7 Å². The Hall–Kier alpha value is -2.54. The van der Waals surface area contributed by atoms with E-state index in [0.29, 0.717) is 11.7 Å². The highest BCUT2D eigenvalue weighted by atomic mass is 16.5. The van der Waals surface area contributed by atoms with Crippen molar-refractivity contribution in [2.24, 2.45) is 0 Å². The van der Waals surface area contributed by atoms with Gasteiger partial charge in [-0.15, -0.1) is 0 Å². The van der Waals surface area contributed by atoms with Crippen LogP contribution in [-0.4, -0.2) is 31.9 Å². The van der Waals surface area contributed by atoms with Gasteiger partial charge in [0.05, 0.1) is 11.3 Å². The summed E-state index contributed by atoms with van der Waals surface area (Å²) in [6.07, 6.45) is 2.88. The summed E-state index contributed by atoms with van der Waals surface area (Å²) in [5, 5.41) is 14.7. The highest BCUT2D eigenvalue weighted by Crippen LogP contribution is 2.31. The molecule has 0 fully saturated rings. The van der Waals surface area contributed by atoms with Gasteiger partial charge in [-0.1, -0.05) is 5.16 Å². The van der Waals surface area contributed by atoms with Crippen LogP contribution in [0.1, 0.15) is 28.2 Å². The molecule has 0 atom stereocenters. The normalized spacial score (nSPS) is 14.0. The van der Waals surface area contributed by atoms with Crippen LogP contribution in [0, 0.1) is 20.8 Å². The number of hydrogen-bond donors (Lipinski definition) is 2. The van der Waals surface area contributed by atoms with Crippen molar-refractivity contribution >= 4 is 0 Å². The number of pyridine rings is 1. The molecular formula is C16H18N6O. The number of hydrogen-bond acceptors (Lipinski definition) is 6. The molecule has 7 nitrogen and oxygen atoms in total. The molecule has 3 aromatic rings. The lowest BCUT2D eigenvalue weighted by molar-refractivity contribution is 0.431. The molecule has 1 aliphatic heterocycles. The monoisotopic (exact) mass is 310 g/mol. The van der Waals surface area contributed by atoms with E-state index in [0.717, 1.165) is 47.7 Å². The van der Waals surface area contributed by atoms with Gasteiger partial charge >= 0.3 is 0 Å². The van der Waals surface area contributed by atoms with E-state index < -0.39 is 0 Å². The van der Waals surface area contributed by atoms with Crippen LogP contribution in [0.5, 0.6) is 0 Å². The number of aromatic nitrogens is 5. The molecule has 0 saturated heterocycles. The minimum atomic E-state index is 0.495. The molecule has 0 saturated carbocycles. The summed E-state index contributed by atoms with van der Waals surface area (Å²) in [5.41, 5.74) is 7.05. The standard InChI is InChI=1S/C16H18N6O/c1-8-14(12-4-5-17-6-11(12)7-18-8)15-19-16(23-22-15)13-9(2)20-21-10(13)3/h7,17H,4-6H2,1-3H3,(H,20,21). The Morgan fingerprint density at radius 2 is 2.00 bits per heavy atom. The van der Waals surface area contributed by atoms with Crippen LogP contribution >= 0.6 is 0 Å². The van der Waals surface area contributed by atoms with Crippen molar-refractivity contribution in [3.8, 4) is 22.8 Å². The SMILES string of the molecule is Cc1n[nH]c(C)c1-c1nc(-c2c(C)ncc3c2CCNC3)no1. The fraction of sp³-hybridized carbons (Fsp3) is 0.375. The van der Waals surface area contributed by atoms with E-state index in [-0.39, 0.29) is 0 Å². The third kappa shape index (κ3) is 2.24. The average Bonchev–Trinajstić information content (AvgIpc) is 3.14. The van der Waals surface area contributed by atoms with Crippen molar-refractivity contribution in [2.75, 3.05) is 6.54 Å². The zero-order chi connectivity index (χ0) is 16.0. The Morgan fingerprint density at radius 3 is 2.78 bits per heavy atom. The molecule has 118 valence electrons. The molecule has 2 N–H and O–H groups in total. The van der Waals surface area contributed by atoms with E-state index in [1.807, 2.05) is 27.0 Å². The molecule has 3 aromatic heterocycles. The van der Waals surface area contributed by atoms with Gasteiger partial charge in [0.25, 0.3) is 5.89 Å². The van der Waals surface area contributed by atoms with Gasteiger partial charge in [0.2, 0.25) is 5.82 Å². The first-order valence-electron chi connectivity index (χ1n) is 7.69. The van der Waals surface area contributed by atoms with E-state index >= 15 is 0 Å². The second-order valence-electron chi connectivity index (χ2n) is 5.88. The fourth-order valence-corrected chi connectivity index (χ4v) is 3.16. The molecule has 7 heteroatoms. The van der Waals surface area contributed by atoms with Crippen LogP contribution in [0.3, 0.4) is 0 Å². The summed E-state index contributed by atoms with van der Waals surface area (Å²) in [7, 11) is 0. The van der Waals surface area contributed by atoms with E-state index in [1.54, 1.807) is 0 Å². The largest absolute Gasteiger partial charge is 0.333 e. The molecule has 4 heterocycles. The van der Waals surface area contributed by atoms with Gasteiger partial charge in [0.1, 0.15) is 0 Å². The molecule has 1 aliphatic rings. The lowest BCUT2D eigenvalue weighted by Gasteiger charge is -2.19. The third-order valence-electron chi connectivity index (χ3n) is 4.32. The number of rotatable bonds is 2. The van der Waals surface area contributed by atoms with Crippen molar-refractivity contribution < 1.29 is 4.52 Å². The highest BCUT2D eigenvalue weighted by molar-refractivity contribution is 5.68. The number of nitrogens with one attached hydrogen (secondary N) is 2. The van der Waals surface area contributed by atoms with Crippen molar-refractivity contribution in [3.05, 3.63) is 34.4 Å². The molecule has 0 amide bonds. The van der Waals surface area contributed by atoms with Crippen LogP contribution in [0.4, 0.5) is 0 Å². The van der Waals surface area contributed by atoms with E-state index in [1.165, 1.54) is 11.1 Å². The number of nitrogens with zero attached hydrogens (tertiary/aromatic N) is 4. The average molecular weight is 310 g/mol. The quantitative estimate of drug-likeness (QED) is 0.753. The van der Waals surface area contributed by atoms with E-state index in [4.69, 9.17) is 4.52 Å². The van der Waals surface area contributed by atoms with Gasteiger partial charge in [0.15, 0.2) is 0 Å². The maximum absolute atomic E-state index is 5.51. The molecular weight excluding hydrogens is 292 g/mol. The lowest BCUT2D eigenvalue weighted by Crippen LogP contribution is -2.24. The number of aryl methyl sites for hydroxylation is 3. The predicted molar refractivity (Wildman–Crippen MR) is 84.7 cm³/mol. The molecule has 4 rings (SSSR count). The molecule has 0 aromatic carbocycles. The Morgan fingerprint density at radius 1 is 1.13 bits per heavy atom. The minimum absolute atomic E-state index is 0.495. The first-order chi connectivity index (χ1) is 11.1. The lowest BCUT2D eigenvalue weighted by atomic mass is 9.95. The highest BCUT2D eigenvalue weighted by Gasteiger charge is 2.23. The molecule has 0 bridgehead atoms. The van der Waals surface area contributed by atoms with E-state index in [9.17, 15) is 0 Å². The Labute approximate surface area is 133 Å². The number of fused-ring (bicyclic) bond motifs is 1. The second-order valence-corrected chi connectivity index (χ2v) is 5.88. The van der Waals surface area contributed by atoms with Crippen molar-refractivity contribution in [1.82, 2.24) is 30.6 Å². The Bertz CT molecular complexity index is 859. The smallest absolute Gasteiger partial charge is 0.261 e. The van der Waals surface area contributed by atoms with Crippen molar-refractivity contribution in [1.29, 1.82) is 0 Å². The molecule has 0 aliphatic carbocycles. The Balaban J connectivity index is 1.84. The maximum Gasteiger partial charge on any atom is 0.261 e. The topological polar surface area (TPSA) is 92.5 Å². The molecule has 0 spiro atoms. The Kier molecular flexibility index (Phi) is 3.23. The van der Waals surface area contributed by atoms with E-state index in [2.05, 4.69) is 30.6 Å². The van der Waals surface area contributed by atoms with Crippen molar-refractivity contribution in [2.45, 2.75) is 33.7 Å². The first kappa shape index (κ1) is 14.1. The zero-order valence-corrected chi connectivity index (χ0v) is 13.4. The predicted octanol–water partition coefficient (Wildman–Crippen LogP) is 2.09. The fourth-order valence-electron chi connectivity index (χ4n) is 3.16. The molecule has 23 heavy (non-hydrogen) atoms.